The van der Waals surface area contributed by atoms with Crippen molar-refractivity contribution in [2.24, 2.45) is 0 Å². The van der Waals surface area contributed by atoms with Crippen LogP contribution >= 0.6 is 15.9 Å². The summed E-state index contributed by atoms with van der Waals surface area (Å²) in [6, 6.07) is 21.3. The number of esters is 1. The van der Waals surface area contributed by atoms with Gasteiger partial charge in [-0.3, -0.25) is 4.79 Å². The SMILES string of the molecule is O=C(Cc1cccc2ccccc12)Oc1ccccc1Br. The van der Waals surface area contributed by atoms with E-state index in [-0.39, 0.29) is 12.4 Å². The standard InChI is InChI=1S/C18H13BrO2/c19-16-10-3-4-11-17(16)21-18(20)12-14-8-5-7-13-6-1-2-9-15(13)14/h1-11H,12H2. The monoisotopic (exact) mass is 340 g/mol. The molecule has 0 atom stereocenters. The van der Waals surface area contributed by atoms with Crippen molar-refractivity contribution in [3.05, 3.63) is 76.8 Å². The summed E-state index contributed by atoms with van der Waals surface area (Å²) >= 11 is 3.37. The summed E-state index contributed by atoms with van der Waals surface area (Å²) in [5.41, 5.74) is 0.977. The van der Waals surface area contributed by atoms with Gasteiger partial charge >= 0.3 is 5.97 Å². The van der Waals surface area contributed by atoms with Crippen LogP contribution in [0.3, 0.4) is 0 Å². The van der Waals surface area contributed by atoms with Gasteiger partial charge in [-0.1, -0.05) is 54.6 Å². The molecule has 0 aliphatic rings. The minimum Gasteiger partial charge on any atom is -0.425 e. The Hall–Kier alpha value is -2.13. The quantitative estimate of drug-likeness (QED) is 0.508. The molecule has 0 spiro atoms. The van der Waals surface area contributed by atoms with Gasteiger partial charge in [-0.25, -0.2) is 0 Å². The third kappa shape index (κ3) is 3.14. The van der Waals surface area contributed by atoms with Gasteiger partial charge in [0.25, 0.3) is 0 Å². The molecule has 3 aromatic rings. The van der Waals surface area contributed by atoms with Gasteiger partial charge in [-0.05, 0) is 44.4 Å². The van der Waals surface area contributed by atoms with Crippen molar-refractivity contribution >= 4 is 32.7 Å². The van der Waals surface area contributed by atoms with Crippen LogP contribution in [0.1, 0.15) is 5.56 Å². The van der Waals surface area contributed by atoms with Crippen molar-refractivity contribution in [2.45, 2.75) is 6.42 Å². The van der Waals surface area contributed by atoms with Gasteiger partial charge in [-0.2, -0.15) is 0 Å². The maximum absolute atomic E-state index is 12.1. The summed E-state index contributed by atoms with van der Waals surface area (Å²) in [5.74, 6) is 0.279. The number of benzene rings is 3. The lowest BCUT2D eigenvalue weighted by Gasteiger charge is -2.08. The first-order valence-corrected chi connectivity index (χ1v) is 7.45. The van der Waals surface area contributed by atoms with E-state index >= 15 is 0 Å². The van der Waals surface area contributed by atoms with Gasteiger partial charge in [0.1, 0.15) is 5.75 Å². The molecule has 21 heavy (non-hydrogen) atoms. The lowest BCUT2D eigenvalue weighted by molar-refractivity contribution is -0.133. The van der Waals surface area contributed by atoms with Crippen molar-refractivity contribution < 1.29 is 9.53 Å². The molecular formula is C18H13BrO2. The van der Waals surface area contributed by atoms with Crippen LogP contribution in [-0.4, -0.2) is 5.97 Å². The zero-order chi connectivity index (χ0) is 14.7. The van der Waals surface area contributed by atoms with Crippen molar-refractivity contribution in [1.82, 2.24) is 0 Å². The van der Waals surface area contributed by atoms with Crippen LogP contribution in [0.4, 0.5) is 0 Å². The predicted molar refractivity (Wildman–Crippen MR) is 87.4 cm³/mol. The van der Waals surface area contributed by atoms with Gasteiger partial charge in [0.05, 0.1) is 10.9 Å². The molecular weight excluding hydrogens is 328 g/mol. The highest BCUT2D eigenvalue weighted by Crippen LogP contribution is 2.25. The first kappa shape index (κ1) is 13.8. The summed E-state index contributed by atoms with van der Waals surface area (Å²) in [6.07, 6.45) is 0.253. The highest BCUT2D eigenvalue weighted by molar-refractivity contribution is 9.10. The second-order valence-electron chi connectivity index (χ2n) is 4.72. The van der Waals surface area contributed by atoms with Crippen molar-refractivity contribution in [2.75, 3.05) is 0 Å². The average Bonchev–Trinajstić information content (AvgIpc) is 2.50. The third-order valence-electron chi connectivity index (χ3n) is 3.28. The molecule has 2 nitrogen and oxygen atoms in total. The molecule has 0 saturated carbocycles. The fourth-order valence-electron chi connectivity index (χ4n) is 2.29. The van der Waals surface area contributed by atoms with E-state index in [9.17, 15) is 4.79 Å². The van der Waals surface area contributed by atoms with Crippen LogP contribution in [0.2, 0.25) is 0 Å². The lowest BCUT2D eigenvalue weighted by atomic mass is 10.0. The van der Waals surface area contributed by atoms with E-state index in [1.54, 1.807) is 6.07 Å². The molecule has 0 unspecified atom stereocenters. The van der Waals surface area contributed by atoms with E-state index in [0.29, 0.717) is 5.75 Å². The smallest absolute Gasteiger partial charge is 0.315 e. The highest BCUT2D eigenvalue weighted by Gasteiger charge is 2.10. The number of fused-ring (bicyclic) bond motifs is 1. The van der Waals surface area contributed by atoms with E-state index in [0.717, 1.165) is 20.8 Å². The first-order valence-electron chi connectivity index (χ1n) is 6.66. The summed E-state index contributed by atoms with van der Waals surface area (Å²) < 4.78 is 6.19. The molecule has 3 heteroatoms. The molecule has 0 bridgehead atoms. The van der Waals surface area contributed by atoms with Crippen molar-refractivity contribution in [3.8, 4) is 5.75 Å². The molecule has 3 aromatic carbocycles. The Labute approximate surface area is 131 Å². The van der Waals surface area contributed by atoms with Crippen molar-refractivity contribution in [1.29, 1.82) is 0 Å². The van der Waals surface area contributed by atoms with Crippen LogP contribution in [0.5, 0.6) is 5.75 Å². The fourth-order valence-corrected chi connectivity index (χ4v) is 2.65. The van der Waals surface area contributed by atoms with Gasteiger partial charge < -0.3 is 4.74 Å². The van der Waals surface area contributed by atoms with Crippen LogP contribution in [0.25, 0.3) is 10.8 Å². The normalized spacial score (nSPS) is 10.5. The molecule has 0 radical (unpaired) electrons. The first-order chi connectivity index (χ1) is 10.2. The zero-order valence-corrected chi connectivity index (χ0v) is 12.8. The van der Waals surface area contributed by atoms with E-state index in [1.807, 2.05) is 60.7 Å². The minimum absolute atomic E-state index is 0.253. The van der Waals surface area contributed by atoms with Crippen LogP contribution in [0.15, 0.2) is 71.2 Å². The summed E-state index contributed by atoms with van der Waals surface area (Å²) in [7, 11) is 0. The molecule has 0 saturated heterocycles. The molecule has 0 aromatic heterocycles. The minimum atomic E-state index is -0.266. The van der Waals surface area contributed by atoms with E-state index < -0.39 is 0 Å². The van der Waals surface area contributed by atoms with Gasteiger partial charge in [0.2, 0.25) is 0 Å². The Morgan fingerprint density at radius 1 is 0.905 bits per heavy atom. The largest absolute Gasteiger partial charge is 0.425 e. The van der Waals surface area contributed by atoms with E-state index in [4.69, 9.17) is 4.74 Å². The zero-order valence-electron chi connectivity index (χ0n) is 11.3. The fraction of sp³-hybridized carbons (Fsp3) is 0.0556. The average molecular weight is 341 g/mol. The number of hydrogen-bond acceptors (Lipinski definition) is 2. The Bertz CT molecular complexity index is 791. The molecule has 0 fully saturated rings. The van der Waals surface area contributed by atoms with E-state index in [2.05, 4.69) is 15.9 Å². The maximum Gasteiger partial charge on any atom is 0.315 e. The maximum atomic E-state index is 12.1. The number of para-hydroxylation sites is 1. The Morgan fingerprint density at radius 2 is 1.62 bits per heavy atom. The van der Waals surface area contributed by atoms with Gasteiger partial charge in [0.15, 0.2) is 0 Å². The molecule has 0 heterocycles. The van der Waals surface area contributed by atoms with E-state index in [1.165, 1.54) is 0 Å². The summed E-state index contributed by atoms with van der Waals surface area (Å²) in [5, 5.41) is 2.22. The topological polar surface area (TPSA) is 26.3 Å². The number of carbonyl (C=O) groups excluding carboxylic acids is 1. The predicted octanol–water partition coefficient (Wildman–Crippen LogP) is 4.75. The number of carbonyl (C=O) groups is 1. The molecule has 0 aliphatic heterocycles. The molecule has 104 valence electrons. The van der Waals surface area contributed by atoms with Gasteiger partial charge in [-0.15, -0.1) is 0 Å². The Kier molecular flexibility index (Phi) is 4.02. The van der Waals surface area contributed by atoms with Crippen molar-refractivity contribution in [3.63, 3.8) is 0 Å². The lowest BCUT2D eigenvalue weighted by Crippen LogP contribution is -2.11. The second kappa shape index (κ2) is 6.10. The number of ether oxygens (including phenoxy) is 1. The van der Waals surface area contributed by atoms with Crippen LogP contribution in [0, 0.1) is 0 Å². The Balaban J connectivity index is 1.82. The third-order valence-corrected chi connectivity index (χ3v) is 3.93. The van der Waals surface area contributed by atoms with Crippen LogP contribution < -0.4 is 4.74 Å². The summed E-state index contributed by atoms with van der Waals surface area (Å²) in [6.45, 7) is 0. The Morgan fingerprint density at radius 3 is 2.48 bits per heavy atom. The molecule has 0 aliphatic carbocycles. The number of halogens is 1. The molecule has 0 amide bonds. The highest BCUT2D eigenvalue weighted by atomic mass is 79.9. The van der Waals surface area contributed by atoms with Crippen LogP contribution in [-0.2, 0) is 11.2 Å². The molecule has 0 N–H and O–H groups in total. The molecule has 3 rings (SSSR count). The summed E-state index contributed by atoms with van der Waals surface area (Å²) in [4.78, 5) is 12.1. The van der Waals surface area contributed by atoms with Gasteiger partial charge in [0, 0.05) is 0 Å². The number of rotatable bonds is 3. The second-order valence-corrected chi connectivity index (χ2v) is 5.57. The number of hydrogen-bond donors (Lipinski definition) is 0.